The van der Waals surface area contributed by atoms with Gasteiger partial charge in [0.05, 0.1) is 5.56 Å². The van der Waals surface area contributed by atoms with E-state index in [1.54, 1.807) is 23.1 Å². The van der Waals surface area contributed by atoms with Crippen LogP contribution in [0, 0.1) is 5.92 Å². The molecule has 34 heavy (non-hydrogen) atoms. The number of aromatic nitrogens is 2. The second-order valence-corrected chi connectivity index (χ2v) is 9.83. The van der Waals surface area contributed by atoms with Gasteiger partial charge in [-0.1, -0.05) is 59.3 Å². The standard InChI is InChI=1S/C23H22BrF3N4O2S/c1-14(2)13-31(21(33)16-4-3-5-18(24)12-16)11-10-19(32)28-22-30-29-20(34-22)15-6-8-17(9-7-15)23(25,26)27/h3-9,12,14H,10-11,13H2,1-2H3,(H,28,30,32). The molecule has 1 N–H and O–H groups in total. The second kappa shape index (κ2) is 11.1. The highest BCUT2D eigenvalue weighted by atomic mass is 79.9. The van der Waals surface area contributed by atoms with Crippen molar-refractivity contribution in [1.29, 1.82) is 0 Å². The van der Waals surface area contributed by atoms with E-state index in [9.17, 15) is 22.8 Å². The molecule has 0 unspecified atom stereocenters. The van der Waals surface area contributed by atoms with Gasteiger partial charge < -0.3 is 10.2 Å². The summed E-state index contributed by atoms with van der Waals surface area (Å²) in [5.41, 5.74) is 0.243. The van der Waals surface area contributed by atoms with Gasteiger partial charge in [-0.2, -0.15) is 13.2 Å². The van der Waals surface area contributed by atoms with Gasteiger partial charge in [-0.15, -0.1) is 10.2 Å². The van der Waals surface area contributed by atoms with Crippen molar-refractivity contribution < 1.29 is 22.8 Å². The molecule has 2 amide bonds. The smallest absolute Gasteiger partial charge is 0.338 e. The maximum absolute atomic E-state index is 12.9. The summed E-state index contributed by atoms with van der Waals surface area (Å²) in [5.74, 6) is -0.289. The van der Waals surface area contributed by atoms with E-state index in [1.165, 1.54) is 12.1 Å². The molecule has 6 nitrogen and oxygen atoms in total. The monoisotopic (exact) mass is 554 g/mol. The lowest BCUT2D eigenvalue weighted by molar-refractivity contribution is -0.137. The molecule has 0 atom stereocenters. The molecule has 1 heterocycles. The Morgan fingerprint density at radius 1 is 1.12 bits per heavy atom. The summed E-state index contributed by atoms with van der Waals surface area (Å²) >= 11 is 4.42. The average Bonchev–Trinajstić information content (AvgIpc) is 3.23. The predicted molar refractivity (Wildman–Crippen MR) is 128 cm³/mol. The Morgan fingerprint density at radius 3 is 2.44 bits per heavy atom. The summed E-state index contributed by atoms with van der Waals surface area (Å²) < 4.78 is 39.0. The highest BCUT2D eigenvalue weighted by molar-refractivity contribution is 9.10. The Hall–Kier alpha value is -2.79. The predicted octanol–water partition coefficient (Wildman–Crippen LogP) is 6.11. The fourth-order valence-electron chi connectivity index (χ4n) is 3.13. The molecule has 3 aromatic rings. The summed E-state index contributed by atoms with van der Waals surface area (Å²) in [4.78, 5) is 27.0. The van der Waals surface area contributed by atoms with E-state index in [0.29, 0.717) is 22.7 Å². The van der Waals surface area contributed by atoms with Crippen LogP contribution >= 0.6 is 27.3 Å². The fraction of sp³-hybridized carbons (Fsp3) is 0.304. The molecule has 2 aromatic carbocycles. The molecule has 0 radical (unpaired) electrons. The van der Waals surface area contributed by atoms with Crippen LogP contribution in [0.25, 0.3) is 10.6 Å². The molecule has 0 aliphatic rings. The highest BCUT2D eigenvalue weighted by Crippen LogP contribution is 2.32. The number of hydrogen-bond acceptors (Lipinski definition) is 5. The molecular weight excluding hydrogens is 533 g/mol. The molecule has 0 aliphatic carbocycles. The van der Waals surface area contributed by atoms with Crippen molar-refractivity contribution in [3.05, 3.63) is 64.1 Å². The van der Waals surface area contributed by atoms with Crippen LogP contribution in [0.3, 0.4) is 0 Å². The maximum atomic E-state index is 12.9. The van der Waals surface area contributed by atoms with Gasteiger partial charge in [0.1, 0.15) is 5.01 Å². The van der Waals surface area contributed by atoms with Crippen molar-refractivity contribution >= 4 is 44.2 Å². The first kappa shape index (κ1) is 25.8. The van der Waals surface area contributed by atoms with Gasteiger partial charge >= 0.3 is 6.18 Å². The first-order valence-electron chi connectivity index (χ1n) is 10.4. The molecule has 0 bridgehead atoms. The van der Waals surface area contributed by atoms with E-state index < -0.39 is 11.7 Å². The number of alkyl halides is 3. The summed E-state index contributed by atoms with van der Waals surface area (Å²) in [6.45, 7) is 4.70. The van der Waals surface area contributed by atoms with E-state index in [1.807, 2.05) is 19.9 Å². The number of anilines is 1. The lowest BCUT2D eigenvalue weighted by Gasteiger charge is -2.24. The van der Waals surface area contributed by atoms with Gasteiger partial charge in [0.2, 0.25) is 11.0 Å². The lowest BCUT2D eigenvalue weighted by atomic mass is 10.1. The zero-order chi connectivity index (χ0) is 24.9. The third-order valence-corrected chi connectivity index (χ3v) is 6.06. The Kier molecular flexibility index (Phi) is 8.42. The quantitative estimate of drug-likeness (QED) is 0.364. The number of halogens is 4. The minimum absolute atomic E-state index is 0.0572. The normalized spacial score (nSPS) is 11.5. The number of carbonyl (C=O) groups excluding carboxylic acids is 2. The van der Waals surface area contributed by atoms with Gasteiger partial charge in [0.25, 0.3) is 5.91 Å². The van der Waals surface area contributed by atoms with Gasteiger partial charge in [-0.25, -0.2) is 0 Å². The number of nitrogens with zero attached hydrogens (tertiary/aromatic N) is 3. The van der Waals surface area contributed by atoms with Gasteiger partial charge in [-0.05, 0) is 36.2 Å². The lowest BCUT2D eigenvalue weighted by Crippen LogP contribution is -2.36. The Labute approximate surface area is 207 Å². The molecular formula is C23H22BrF3N4O2S. The summed E-state index contributed by atoms with van der Waals surface area (Å²) in [7, 11) is 0. The Morgan fingerprint density at radius 2 is 1.82 bits per heavy atom. The van der Waals surface area contributed by atoms with Crippen molar-refractivity contribution in [2.24, 2.45) is 5.92 Å². The minimum atomic E-state index is -4.42. The number of nitrogens with one attached hydrogen (secondary N) is 1. The topological polar surface area (TPSA) is 75.2 Å². The van der Waals surface area contributed by atoms with Crippen molar-refractivity contribution in [3.8, 4) is 10.6 Å². The second-order valence-electron chi connectivity index (χ2n) is 7.94. The molecule has 1 aromatic heterocycles. The SMILES string of the molecule is CC(C)CN(CCC(=O)Nc1nnc(-c2ccc(C(F)(F)F)cc2)s1)C(=O)c1cccc(Br)c1. The molecule has 0 aliphatic heterocycles. The van der Waals surface area contributed by atoms with Crippen LogP contribution in [-0.4, -0.2) is 40.0 Å². The van der Waals surface area contributed by atoms with E-state index in [-0.39, 0.29) is 35.8 Å². The number of amides is 2. The molecule has 3 rings (SSSR count). The third kappa shape index (κ3) is 7.10. The van der Waals surface area contributed by atoms with Crippen molar-refractivity contribution in [2.45, 2.75) is 26.4 Å². The van der Waals surface area contributed by atoms with E-state index in [4.69, 9.17) is 0 Å². The fourth-order valence-corrected chi connectivity index (χ4v) is 4.30. The Balaban J connectivity index is 1.61. The van der Waals surface area contributed by atoms with Crippen molar-refractivity contribution in [2.75, 3.05) is 18.4 Å². The highest BCUT2D eigenvalue weighted by Gasteiger charge is 2.30. The summed E-state index contributed by atoms with van der Waals surface area (Å²) in [6.07, 6.45) is -4.36. The number of benzene rings is 2. The van der Waals surface area contributed by atoms with Gasteiger partial charge in [-0.3, -0.25) is 9.59 Å². The van der Waals surface area contributed by atoms with Crippen molar-refractivity contribution in [1.82, 2.24) is 15.1 Å². The van der Waals surface area contributed by atoms with Gasteiger partial charge in [0.15, 0.2) is 0 Å². The molecule has 0 fully saturated rings. The third-order valence-electron chi connectivity index (χ3n) is 4.68. The molecule has 11 heteroatoms. The van der Waals surface area contributed by atoms with E-state index in [0.717, 1.165) is 27.9 Å². The molecule has 0 saturated heterocycles. The number of carbonyl (C=O) groups is 2. The van der Waals surface area contributed by atoms with Gasteiger partial charge in [0, 0.05) is 35.1 Å². The minimum Gasteiger partial charge on any atom is -0.338 e. The zero-order valence-electron chi connectivity index (χ0n) is 18.4. The van der Waals surface area contributed by atoms with Crippen LogP contribution in [0.15, 0.2) is 53.0 Å². The largest absolute Gasteiger partial charge is 0.416 e. The zero-order valence-corrected chi connectivity index (χ0v) is 20.8. The van der Waals surface area contributed by atoms with Crippen LogP contribution in [0.5, 0.6) is 0 Å². The van der Waals surface area contributed by atoms with Crippen LogP contribution in [0.4, 0.5) is 18.3 Å². The van der Waals surface area contributed by atoms with Crippen LogP contribution in [0.1, 0.15) is 36.2 Å². The van der Waals surface area contributed by atoms with Crippen molar-refractivity contribution in [3.63, 3.8) is 0 Å². The average molecular weight is 555 g/mol. The summed E-state index contributed by atoms with van der Waals surface area (Å²) in [6, 6.07) is 11.6. The maximum Gasteiger partial charge on any atom is 0.416 e. The Bertz CT molecular complexity index is 1150. The number of hydrogen-bond donors (Lipinski definition) is 1. The number of rotatable bonds is 8. The van der Waals surface area contributed by atoms with Crippen LogP contribution < -0.4 is 5.32 Å². The first-order chi connectivity index (χ1) is 16.0. The molecule has 0 saturated carbocycles. The van der Waals surface area contributed by atoms with Crippen LogP contribution in [0.2, 0.25) is 0 Å². The molecule has 0 spiro atoms. The van der Waals surface area contributed by atoms with E-state index >= 15 is 0 Å². The first-order valence-corrected chi connectivity index (χ1v) is 12.0. The molecule has 180 valence electrons. The van der Waals surface area contributed by atoms with Crippen LogP contribution in [-0.2, 0) is 11.0 Å². The summed E-state index contributed by atoms with van der Waals surface area (Å²) in [5, 5.41) is 11.1. The van der Waals surface area contributed by atoms with E-state index in [2.05, 4.69) is 31.4 Å².